The zero-order valence-electron chi connectivity index (χ0n) is 10.5. The van der Waals surface area contributed by atoms with Gasteiger partial charge < -0.3 is 9.74 Å². The van der Waals surface area contributed by atoms with Gasteiger partial charge in [0.05, 0.1) is 0 Å². The summed E-state index contributed by atoms with van der Waals surface area (Å²) in [5.41, 5.74) is 4.35. The first-order valence-electron chi connectivity index (χ1n) is 5.75. The number of nitrogens with zero attached hydrogens (tertiary/aromatic N) is 1. The summed E-state index contributed by atoms with van der Waals surface area (Å²) in [5.74, 6) is 0.862. The van der Waals surface area contributed by atoms with Crippen LogP contribution in [-0.2, 0) is 9.63 Å². The largest absolute Gasteiger partial charge is 0.366 e. The molecule has 0 aliphatic carbocycles. The number of carbonyl (C=O) groups excluding carboxylic acids is 1. The van der Waals surface area contributed by atoms with Crippen LogP contribution in [0.3, 0.4) is 0 Å². The van der Waals surface area contributed by atoms with E-state index in [4.69, 9.17) is 4.84 Å². The Morgan fingerprint density at radius 2 is 2.19 bits per heavy atom. The second-order valence-corrected chi connectivity index (χ2v) is 4.96. The molecule has 0 aliphatic heterocycles. The molecule has 0 heterocycles. The van der Waals surface area contributed by atoms with Gasteiger partial charge in [0.2, 0.25) is 0 Å². The number of hydroxylamine groups is 1. The molecule has 0 spiro atoms. The van der Waals surface area contributed by atoms with Crippen LogP contribution in [0.1, 0.15) is 32.6 Å². The predicted molar refractivity (Wildman–Crippen MR) is 71.8 cm³/mol. The molecule has 0 aliphatic rings. The summed E-state index contributed by atoms with van der Waals surface area (Å²) in [6.07, 6.45) is 3.62. The fourth-order valence-electron chi connectivity index (χ4n) is 1.02. The first-order valence-corrected chi connectivity index (χ1v) is 6.90. The lowest BCUT2D eigenvalue weighted by molar-refractivity contribution is -0.147. The SMILES string of the molecule is CCCCCC(=O)ONC=[SH]CCN(C)C. The van der Waals surface area contributed by atoms with E-state index >= 15 is 0 Å². The van der Waals surface area contributed by atoms with Crippen molar-refractivity contribution < 1.29 is 9.63 Å². The summed E-state index contributed by atoms with van der Waals surface area (Å²) in [5, 5.41) is 0. The van der Waals surface area contributed by atoms with E-state index in [0.29, 0.717) is 6.42 Å². The maximum atomic E-state index is 11.1. The predicted octanol–water partition coefficient (Wildman–Crippen LogP) is 1.40. The van der Waals surface area contributed by atoms with Gasteiger partial charge in [0.25, 0.3) is 0 Å². The molecule has 0 aromatic carbocycles. The van der Waals surface area contributed by atoms with Gasteiger partial charge in [-0.3, -0.25) is 4.79 Å². The minimum absolute atomic E-state index is 0.174. The van der Waals surface area contributed by atoms with Gasteiger partial charge in [0.15, 0.2) is 0 Å². The molecule has 0 fully saturated rings. The summed E-state index contributed by atoms with van der Waals surface area (Å²) in [6.45, 7) is 3.14. The van der Waals surface area contributed by atoms with Gasteiger partial charge in [-0.1, -0.05) is 19.8 Å². The highest BCUT2D eigenvalue weighted by atomic mass is 32.1. The van der Waals surface area contributed by atoms with Crippen LogP contribution in [0.5, 0.6) is 0 Å². The second kappa shape index (κ2) is 11.1. The van der Waals surface area contributed by atoms with Crippen LogP contribution < -0.4 is 5.48 Å². The zero-order chi connectivity index (χ0) is 12.2. The number of thiol groups is 1. The molecule has 5 heteroatoms. The summed E-state index contributed by atoms with van der Waals surface area (Å²) in [4.78, 5) is 18.1. The Balaban J connectivity index is 3.32. The highest BCUT2D eigenvalue weighted by Crippen LogP contribution is 1.99. The van der Waals surface area contributed by atoms with Crippen molar-refractivity contribution in [1.82, 2.24) is 10.4 Å². The first-order chi connectivity index (χ1) is 7.66. The summed E-state index contributed by atoms with van der Waals surface area (Å²) in [6, 6.07) is 0. The molecule has 1 N–H and O–H groups in total. The molecule has 0 amide bonds. The maximum Gasteiger partial charge on any atom is 0.325 e. The number of carbonyl (C=O) groups is 1. The van der Waals surface area contributed by atoms with E-state index in [1.165, 1.54) is 0 Å². The Morgan fingerprint density at radius 3 is 2.81 bits per heavy atom. The normalized spacial score (nSPS) is 11.8. The monoisotopic (exact) mass is 248 g/mol. The Hall–Kier alpha value is -0.390. The molecule has 0 saturated carbocycles. The van der Waals surface area contributed by atoms with Gasteiger partial charge in [-0.15, -0.1) is 5.48 Å². The molecule has 96 valence electrons. The van der Waals surface area contributed by atoms with E-state index in [2.05, 4.69) is 17.3 Å². The van der Waals surface area contributed by atoms with Crippen molar-refractivity contribution in [3.05, 3.63) is 0 Å². The third-order valence-corrected chi connectivity index (χ3v) is 2.72. The molecule has 0 unspecified atom stereocenters. The zero-order valence-corrected chi connectivity index (χ0v) is 11.4. The van der Waals surface area contributed by atoms with E-state index in [0.717, 1.165) is 42.9 Å². The lowest BCUT2D eigenvalue weighted by Gasteiger charge is -2.06. The summed E-state index contributed by atoms with van der Waals surface area (Å²) in [7, 11) is 4.08. The lowest BCUT2D eigenvalue weighted by atomic mass is 10.2. The van der Waals surface area contributed by atoms with Gasteiger partial charge in [-0.2, -0.15) is 11.4 Å². The van der Waals surface area contributed by atoms with Crippen molar-refractivity contribution in [1.29, 1.82) is 0 Å². The molecule has 0 aromatic rings. The molecular formula is C11H24N2O2S. The number of rotatable bonds is 9. The Labute approximate surface area is 102 Å². The molecule has 0 atom stereocenters. The second-order valence-electron chi connectivity index (χ2n) is 3.89. The number of nitrogens with one attached hydrogen (secondary N) is 1. The molecule has 4 nitrogen and oxygen atoms in total. The summed E-state index contributed by atoms with van der Waals surface area (Å²) >= 11 is 1.13. The molecule has 0 bridgehead atoms. The van der Waals surface area contributed by atoms with Gasteiger partial charge in [-0.05, 0) is 26.3 Å². The highest BCUT2D eigenvalue weighted by Gasteiger charge is 2.00. The van der Waals surface area contributed by atoms with E-state index in [-0.39, 0.29) is 5.97 Å². The van der Waals surface area contributed by atoms with Crippen molar-refractivity contribution in [2.75, 3.05) is 26.4 Å². The smallest absolute Gasteiger partial charge is 0.325 e. The first kappa shape index (κ1) is 15.6. The fourth-order valence-corrected chi connectivity index (χ4v) is 1.79. The van der Waals surface area contributed by atoms with Crippen LogP contribution in [0.15, 0.2) is 0 Å². The Kier molecular flexibility index (Phi) is 10.8. The topological polar surface area (TPSA) is 41.6 Å². The molecule has 0 saturated heterocycles. The van der Waals surface area contributed by atoms with E-state index in [1.54, 1.807) is 5.49 Å². The molecule has 0 aromatic heterocycles. The van der Waals surface area contributed by atoms with Crippen LogP contribution in [0.4, 0.5) is 0 Å². The van der Waals surface area contributed by atoms with Crippen LogP contribution in [0.25, 0.3) is 0 Å². The summed E-state index contributed by atoms with van der Waals surface area (Å²) < 4.78 is 0. The Bertz CT molecular complexity index is 208. The van der Waals surface area contributed by atoms with Gasteiger partial charge in [0.1, 0.15) is 0 Å². The highest BCUT2D eigenvalue weighted by molar-refractivity contribution is 7.97. The van der Waals surface area contributed by atoms with E-state index < -0.39 is 0 Å². The third kappa shape index (κ3) is 11.7. The maximum absolute atomic E-state index is 11.1. The molecule has 0 radical (unpaired) electrons. The lowest BCUT2D eigenvalue weighted by Crippen LogP contribution is -2.18. The van der Waals surface area contributed by atoms with E-state index in [1.807, 2.05) is 14.1 Å². The minimum atomic E-state index is -0.174. The Morgan fingerprint density at radius 1 is 1.44 bits per heavy atom. The molecular weight excluding hydrogens is 224 g/mol. The number of unbranched alkanes of at least 4 members (excludes halogenated alkanes) is 2. The van der Waals surface area contributed by atoms with Crippen molar-refractivity contribution in [3.8, 4) is 0 Å². The third-order valence-electron chi connectivity index (χ3n) is 1.98. The van der Waals surface area contributed by atoms with Crippen LogP contribution in [0, 0.1) is 0 Å². The number of hydrogen-bond donors (Lipinski definition) is 2. The van der Waals surface area contributed by atoms with Gasteiger partial charge in [0, 0.05) is 18.5 Å². The average molecular weight is 248 g/mol. The van der Waals surface area contributed by atoms with Crippen molar-refractivity contribution in [2.24, 2.45) is 0 Å². The fraction of sp³-hybridized carbons (Fsp3) is 0.818. The molecule has 16 heavy (non-hydrogen) atoms. The quantitative estimate of drug-likeness (QED) is 0.280. The van der Waals surface area contributed by atoms with Crippen LogP contribution >= 0.6 is 11.4 Å². The van der Waals surface area contributed by atoms with E-state index in [9.17, 15) is 4.79 Å². The minimum Gasteiger partial charge on any atom is -0.366 e. The van der Waals surface area contributed by atoms with Crippen LogP contribution in [0.2, 0.25) is 0 Å². The van der Waals surface area contributed by atoms with Crippen molar-refractivity contribution in [2.45, 2.75) is 32.6 Å². The molecule has 0 rings (SSSR count). The van der Waals surface area contributed by atoms with Gasteiger partial charge in [-0.25, -0.2) is 0 Å². The van der Waals surface area contributed by atoms with Gasteiger partial charge >= 0.3 is 5.97 Å². The standard InChI is InChI=1S/C11H24N2O2S/c1-4-5-6-7-11(14)15-12-10-16-9-8-13(2)3/h10,12,16H,4-9H2,1-3H3. The van der Waals surface area contributed by atoms with Crippen LogP contribution in [-0.4, -0.2) is 42.8 Å². The average Bonchev–Trinajstić information content (AvgIpc) is 2.23. The number of hydrogen-bond acceptors (Lipinski definition) is 3. The van der Waals surface area contributed by atoms with Crippen molar-refractivity contribution >= 4 is 22.8 Å². The van der Waals surface area contributed by atoms with Crippen molar-refractivity contribution in [3.63, 3.8) is 0 Å².